The van der Waals surface area contributed by atoms with Gasteiger partial charge in [0, 0.05) is 24.3 Å². The summed E-state index contributed by atoms with van der Waals surface area (Å²) in [6.07, 6.45) is 6.45. The summed E-state index contributed by atoms with van der Waals surface area (Å²) in [6.45, 7) is 2.82. The maximum atomic E-state index is 11.8. The molecular weight excluding hydrogens is 282 g/mol. The van der Waals surface area contributed by atoms with Crippen LogP contribution in [0.4, 0.5) is 0 Å². The van der Waals surface area contributed by atoms with Gasteiger partial charge < -0.3 is 19.5 Å². The van der Waals surface area contributed by atoms with E-state index in [4.69, 9.17) is 14.2 Å². The lowest BCUT2D eigenvalue weighted by Gasteiger charge is -2.12. The monoisotopic (exact) mass is 307 g/mol. The Morgan fingerprint density at radius 2 is 1.68 bits per heavy atom. The lowest BCUT2D eigenvalue weighted by atomic mass is 10.1. The minimum atomic E-state index is -0.118. The summed E-state index contributed by atoms with van der Waals surface area (Å²) in [5.41, 5.74) is 0.754. The number of hydrogen-bond donors (Lipinski definition) is 1. The van der Waals surface area contributed by atoms with Gasteiger partial charge in [-0.3, -0.25) is 4.79 Å². The van der Waals surface area contributed by atoms with E-state index in [1.54, 1.807) is 39.5 Å². The van der Waals surface area contributed by atoms with Crippen LogP contribution in [0.1, 0.15) is 31.7 Å². The first-order chi connectivity index (χ1) is 10.7. The summed E-state index contributed by atoms with van der Waals surface area (Å²) in [5, 5.41) is 2.85. The number of hydrogen-bond acceptors (Lipinski definition) is 4. The van der Waals surface area contributed by atoms with E-state index in [0.29, 0.717) is 23.8 Å². The molecule has 1 amide bonds. The van der Waals surface area contributed by atoms with Gasteiger partial charge in [-0.05, 0) is 18.6 Å². The van der Waals surface area contributed by atoms with E-state index in [2.05, 4.69) is 12.2 Å². The van der Waals surface area contributed by atoms with Gasteiger partial charge in [-0.1, -0.05) is 19.8 Å². The molecule has 0 fully saturated rings. The molecule has 5 nitrogen and oxygen atoms in total. The van der Waals surface area contributed by atoms with Crippen molar-refractivity contribution < 1.29 is 19.0 Å². The molecule has 0 bridgehead atoms. The van der Waals surface area contributed by atoms with E-state index in [1.165, 1.54) is 6.08 Å². The average Bonchev–Trinajstić information content (AvgIpc) is 2.55. The van der Waals surface area contributed by atoms with E-state index in [-0.39, 0.29) is 5.91 Å². The number of ether oxygens (including phenoxy) is 3. The molecule has 1 aromatic carbocycles. The second-order valence-electron chi connectivity index (χ2n) is 4.78. The third kappa shape index (κ3) is 5.31. The van der Waals surface area contributed by atoms with Crippen LogP contribution in [0, 0.1) is 0 Å². The maximum Gasteiger partial charge on any atom is 0.244 e. The van der Waals surface area contributed by atoms with Crippen LogP contribution in [0.2, 0.25) is 0 Å². The van der Waals surface area contributed by atoms with E-state index >= 15 is 0 Å². The van der Waals surface area contributed by atoms with Crippen molar-refractivity contribution in [1.29, 1.82) is 0 Å². The van der Waals surface area contributed by atoms with Gasteiger partial charge in [0.25, 0.3) is 0 Å². The highest BCUT2D eigenvalue weighted by Crippen LogP contribution is 2.35. The van der Waals surface area contributed by atoms with E-state index in [9.17, 15) is 4.79 Å². The minimum absolute atomic E-state index is 0.118. The number of amides is 1. The molecule has 0 atom stereocenters. The number of rotatable bonds is 9. The number of carbonyl (C=O) groups is 1. The second kappa shape index (κ2) is 9.71. The molecule has 0 unspecified atom stereocenters. The third-order valence-electron chi connectivity index (χ3n) is 3.23. The molecule has 5 heteroatoms. The van der Waals surface area contributed by atoms with Crippen molar-refractivity contribution in [2.75, 3.05) is 27.9 Å². The van der Waals surface area contributed by atoms with E-state index in [1.807, 2.05) is 0 Å². The number of unbranched alkanes of at least 4 members (excludes halogenated alkanes) is 2. The predicted octanol–water partition coefficient (Wildman–Crippen LogP) is 3.03. The highest BCUT2D eigenvalue weighted by Gasteiger charge is 2.10. The summed E-state index contributed by atoms with van der Waals surface area (Å²) in [4.78, 5) is 11.8. The zero-order valence-corrected chi connectivity index (χ0v) is 13.8. The van der Waals surface area contributed by atoms with E-state index in [0.717, 1.165) is 24.8 Å². The van der Waals surface area contributed by atoms with E-state index < -0.39 is 0 Å². The van der Waals surface area contributed by atoms with Crippen LogP contribution >= 0.6 is 0 Å². The van der Waals surface area contributed by atoms with Crippen molar-refractivity contribution in [3.05, 3.63) is 23.8 Å². The lowest BCUT2D eigenvalue weighted by molar-refractivity contribution is -0.116. The van der Waals surface area contributed by atoms with Crippen LogP contribution in [0.3, 0.4) is 0 Å². The van der Waals surface area contributed by atoms with Crippen LogP contribution in [0.25, 0.3) is 6.08 Å². The minimum Gasteiger partial charge on any atom is -0.496 e. The van der Waals surface area contributed by atoms with Gasteiger partial charge in [0.2, 0.25) is 5.91 Å². The highest BCUT2D eigenvalue weighted by atomic mass is 16.5. The first kappa shape index (κ1) is 17.9. The Morgan fingerprint density at radius 3 is 2.27 bits per heavy atom. The fourth-order valence-corrected chi connectivity index (χ4v) is 1.99. The SMILES string of the molecule is CCCCCNC(=O)/C=C/c1cc(OC)c(OC)cc1OC. The Balaban J connectivity index is 2.78. The van der Waals surface area contributed by atoms with Gasteiger partial charge in [-0.15, -0.1) is 0 Å². The van der Waals surface area contributed by atoms with Gasteiger partial charge in [0.05, 0.1) is 21.3 Å². The molecule has 0 aromatic heterocycles. The molecule has 1 aromatic rings. The molecule has 0 saturated carbocycles. The molecule has 0 aliphatic rings. The zero-order chi connectivity index (χ0) is 16.4. The lowest BCUT2D eigenvalue weighted by Crippen LogP contribution is -2.21. The summed E-state index contributed by atoms with van der Waals surface area (Å²) in [6, 6.07) is 3.51. The van der Waals surface area contributed by atoms with Crippen LogP contribution in [-0.2, 0) is 4.79 Å². The largest absolute Gasteiger partial charge is 0.496 e. The zero-order valence-electron chi connectivity index (χ0n) is 13.8. The van der Waals surface area contributed by atoms with Crippen LogP contribution in [0.15, 0.2) is 18.2 Å². The Bertz CT molecular complexity index is 512. The molecule has 0 spiro atoms. The summed E-state index contributed by atoms with van der Waals surface area (Å²) >= 11 is 0. The normalized spacial score (nSPS) is 10.5. The van der Waals surface area contributed by atoms with Crippen LogP contribution < -0.4 is 19.5 Å². The summed E-state index contributed by atoms with van der Waals surface area (Å²) in [5.74, 6) is 1.67. The molecule has 1 rings (SSSR count). The molecule has 0 aliphatic carbocycles. The molecule has 1 N–H and O–H groups in total. The maximum absolute atomic E-state index is 11.8. The summed E-state index contributed by atoms with van der Waals surface area (Å²) in [7, 11) is 4.71. The van der Waals surface area contributed by atoms with Crippen molar-refractivity contribution in [3.63, 3.8) is 0 Å². The van der Waals surface area contributed by atoms with Gasteiger partial charge in [0.15, 0.2) is 11.5 Å². The predicted molar refractivity (Wildman–Crippen MR) is 87.7 cm³/mol. The molecule has 0 radical (unpaired) electrons. The van der Waals surface area contributed by atoms with Gasteiger partial charge in [0.1, 0.15) is 5.75 Å². The van der Waals surface area contributed by atoms with Gasteiger partial charge in [-0.2, -0.15) is 0 Å². The van der Waals surface area contributed by atoms with Crippen molar-refractivity contribution in [1.82, 2.24) is 5.32 Å². The average molecular weight is 307 g/mol. The quantitative estimate of drug-likeness (QED) is 0.563. The van der Waals surface area contributed by atoms with Crippen molar-refractivity contribution >= 4 is 12.0 Å². The first-order valence-electron chi connectivity index (χ1n) is 7.42. The molecule has 0 heterocycles. The third-order valence-corrected chi connectivity index (χ3v) is 3.23. The molecule has 0 saturated heterocycles. The Labute approximate surface area is 132 Å². The van der Waals surface area contributed by atoms with Gasteiger partial charge in [-0.25, -0.2) is 0 Å². The van der Waals surface area contributed by atoms with Crippen molar-refractivity contribution in [2.24, 2.45) is 0 Å². The smallest absolute Gasteiger partial charge is 0.244 e. The van der Waals surface area contributed by atoms with Crippen LogP contribution in [-0.4, -0.2) is 33.8 Å². The Hall–Kier alpha value is -2.17. The summed E-state index contributed by atoms with van der Waals surface area (Å²) < 4.78 is 15.8. The number of benzene rings is 1. The number of carbonyl (C=O) groups excluding carboxylic acids is 1. The molecular formula is C17H25NO4. The molecule has 122 valence electrons. The van der Waals surface area contributed by atoms with Crippen molar-refractivity contribution in [2.45, 2.75) is 26.2 Å². The first-order valence-corrected chi connectivity index (χ1v) is 7.42. The topological polar surface area (TPSA) is 56.8 Å². The Morgan fingerprint density at radius 1 is 1.05 bits per heavy atom. The fourth-order valence-electron chi connectivity index (χ4n) is 1.99. The number of methoxy groups -OCH3 is 3. The van der Waals surface area contributed by atoms with Crippen LogP contribution in [0.5, 0.6) is 17.2 Å². The fraction of sp³-hybridized carbons (Fsp3) is 0.471. The Kier molecular flexibility index (Phi) is 7.89. The molecule has 22 heavy (non-hydrogen) atoms. The highest BCUT2D eigenvalue weighted by molar-refractivity contribution is 5.92. The molecule has 0 aliphatic heterocycles. The second-order valence-corrected chi connectivity index (χ2v) is 4.78. The van der Waals surface area contributed by atoms with Crippen molar-refractivity contribution in [3.8, 4) is 17.2 Å². The number of nitrogens with one attached hydrogen (secondary N) is 1. The van der Waals surface area contributed by atoms with Gasteiger partial charge >= 0.3 is 0 Å². The standard InChI is InChI=1S/C17H25NO4/c1-5-6-7-10-18-17(19)9-8-13-11-15(21-3)16(22-4)12-14(13)20-2/h8-9,11-12H,5-7,10H2,1-4H3,(H,18,19)/b9-8+.